The smallest absolute Gasteiger partial charge is 0.245 e. The van der Waals surface area contributed by atoms with Crippen molar-refractivity contribution in [2.24, 2.45) is 5.92 Å². The van der Waals surface area contributed by atoms with Crippen LogP contribution < -0.4 is 10.7 Å². The lowest BCUT2D eigenvalue weighted by atomic mass is 9.86. The van der Waals surface area contributed by atoms with E-state index in [1.54, 1.807) is 0 Å². The molecular formula is C20H27N3O2. The number of aryl methyl sites for hydroxylation is 1. The fraction of sp³-hybridized carbons (Fsp3) is 0.500. The minimum absolute atomic E-state index is 0.0469. The summed E-state index contributed by atoms with van der Waals surface area (Å²) >= 11 is 0. The maximum atomic E-state index is 12.4. The topological polar surface area (TPSA) is 61.4 Å². The first-order valence-electron chi connectivity index (χ1n) is 9.16. The second-order valence-corrected chi connectivity index (χ2v) is 7.22. The van der Waals surface area contributed by atoms with Crippen molar-refractivity contribution < 1.29 is 9.59 Å². The molecule has 2 amide bonds. The Morgan fingerprint density at radius 1 is 1.24 bits per heavy atom. The van der Waals surface area contributed by atoms with E-state index < -0.39 is 0 Å². The summed E-state index contributed by atoms with van der Waals surface area (Å²) in [5.74, 6) is 0.332. The van der Waals surface area contributed by atoms with E-state index in [0.717, 1.165) is 30.5 Å². The van der Waals surface area contributed by atoms with Crippen LogP contribution in [0, 0.1) is 12.8 Å². The van der Waals surface area contributed by atoms with Crippen LogP contribution in [0.4, 0.5) is 0 Å². The van der Waals surface area contributed by atoms with Gasteiger partial charge in [0.05, 0.1) is 5.70 Å². The van der Waals surface area contributed by atoms with Crippen molar-refractivity contribution in [3.8, 4) is 0 Å². The summed E-state index contributed by atoms with van der Waals surface area (Å²) in [6.07, 6.45) is 6.78. The van der Waals surface area contributed by atoms with Crippen LogP contribution in [0.2, 0.25) is 0 Å². The van der Waals surface area contributed by atoms with Gasteiger partial charge in [0, 0.05) is 12.5 Å². The second kappa shape index (κ2) is 7.72. The average Bonchev–Trinajstić information content (AvgIpc) is 2.60. The molecule has 0 radical (unpaired) electrons. The highest BCUT2D eigenvalue weighted by Gasteiger charge is 2.26. The van der Waals surface area contributed by atoms with Crippen LogP contribution in [0.3, 0.4) is 0 Å². The van der Waals surface area contributed by atoms with Gasteiger partial charge in [0.25, 0.3) is 0 Å². The Bertz CT molecular complexity index is 666. The summed E-state index contributed by atoms with van der Waals surface area (Å²) in [4.78, 5) is 24.6. The Kier molecular flexibility index (Phi) is 5.41. The van der Waals surface area contributed by atoms with E-state index in [0.29, 0.717) is 12.3 Å². The molecule has 0 saturated heterocycles. The Balaban J connectivity index is 1.60. The molecule has 2 atom stereocenters. The van der Waals surface area contributed by atoms with Crippen LogP contribution in [-0.4, -0.2) is 29.4 Å². The van der Waals surface area contributed by atoms with Crippen molar-refractivity contribution in [3.63, 3.8) is 0 Å². The van der Waals surface area contributed by atoms with Crippen LogP contribution >= 0.6 is 0 Å². The molecule has 1 heterocycles. The lowest BCUT2D eigenvalue weighted by Crippen LogP contribution is -2.51. The maximum Gasteiger partial charge on any atom is 0.245 e. The number of amides is 2. The molecule has 25 heavy (non-hydrogen) atoms. The first-order valence-corrected chi connectivity index (χ1v) is 9.16. The summed E-state index contributed by atoms with van der Waals surface area (Å²) in [6, 6.07) is 8.34. The van der Waals surface area contributed by atoms with Gasteiger partial charge in [-0.3, -0.25) is 15.0 Å². The first kappa shape index (κ1) is 17.5. The molecule has 1 aromatic rings. The van der Waals surface area contributed by atoms with Crippen LogP contribution in [0.5, 0.6) is 0 Å². The summed E-state index contributed by atoms with van der Waals surface area (Å²) in [6.45, 7) is 4.27. The minimum Gasteiger partial charge on any atom is -0.351 e. The number of benzene rings is 1. The third kappa shape index (κ3) is 4.41. The number of hydrogen-bond donors (Lipinski definition) is 2. The van der Waals surface area contributed by atoms with Crippen LogP contribution in [-0.2, 0) is 9.59 Å². The zero-order chi connectivity index (χ0) is 17.8. The van der Waals surface area contributed by atoms with Gasteiger partial charge in [-0.25, -0.2) is 5.01 Å². The summed E-state index contributed by atoms with van der Waals surface area (Å²) in [7, 11) is 0. The van der Waals surface area contributed by atoms with E-state index >= 15 is 0 Å². The van der Waals surface area contributed by atoms with Gasteiger partial charge in [0.15, 0.2) is 0 Å². The molecule has 1 fully saturated rings. The number of nitrogens with one attached hydrogen (secondary N) is 2. The van der Waals surface area contributed by atoms with Crippen LogP contribution in [0.1, 0.15) is 50.2 Å². The number of hydrazine groups is 1. The fourth-order valence-corrected chi connectivity index (χ4v) is 3.52. The molecule has 3 rings (SSSR count). The van der Waals surface area contributed by atoms with Crippen molar-refractivity contribution in [2.75, 3.05) is 6.54 Å². The third-order valence-electron chi connectivity index (χ3n) is 5.16. The van der Waals surface area contributed by atoms with Gasteiger partial charge in [-0.15, -0.1) is 0 Å². The monoisotopic (exact) mass is 341 g/mol. The molecular weight excluding hydrogens is 314 g/mol. The van der Waals surface area contributed by atoms with Gasteiger partial charge in [-0.05, 0) is 37.3 Å². The predicted octanol–water partition coefficient (Wildman–Crippen LogP) is 2.77. The summed E-state index contributed by atoms with van der Waals surface area (Å²) < 4.78 is 0. The fourth-order valence-electron chi connectivity index (χ4n) is 3.52. The molecule has 134 valence electrons. The molecule has 1 saturated carbocycles. The molecule has 2 N–H and O–H groups in total. The lowest BCUT2D eigenvalue weighted by molar-refractivity contribution is -0.138. The molecule has 1 aliphatic carbocycles. The quantitative estimate of drug-likeness (QED) is 0.885. The Hall–Kier alpha value is -2.30. The molecule has 1 aliphatic heterocycles. The molecule has 2 unspecified atom stereocenters. The predicted molar refractivity (Wildman–Crippen MR) is 98.2 cm³/mol. The number of carbonyl (C=O) groups is 2. The van der Waals surface area contributed by atoms with E-state index in [4.69, 9.17) is 0 Å². The highest BCUT2D eigenvalue weighted by molar-refractivity contribution is 5.88. The molecule has 2 aliphatic rings. The van der Waals surface area contributed by atoms with Crippen LogP contribution in [0.15, 0.2) is 30.3 Å². The van der Waals surface area contributed by atoms with Gasteiger partial charge >= 0.3 is 0 Å². The number of rotatable bonds is 4. The third-order valence-corrected chi connectivity index (χ3v) is 5.16. The molecule has 5 nitrogen and oxygen atoms in total. The van der Waals surface area contributed by atoms with Crippen molar-refractivity contribution in [3.05, 3.63) is 41.5 Å². The normalized spacial score (nSPS) is 23.7. The van der Waals surface area contributed by atoms with Gasteiger partial charge in [-0.1, -0.05) is 49.6 Å². The second-order valence-electron chi connectivity index (χ2n) is 7.22. The molecule has 0 aromatic heterocycles. The highest BCUT2D eigenvalue weighted by atomic mass is 16.2. The minimum atomic E-state index is -0.0928. The number of carbonyl (C=O) groups excluding carboxylic acids is 2. The zero-order valence-corrected chi connectivity index (χ0v) is 15.0. The molecule has 0 bridgehead atoms. The zero-order valence-electron chi connectivity index (χ0n) is 15.0. The van der Waals surface area contributed by atoms with E-state index in [1.807, 2.05) is 37.3 Å². The summed E-state index contributed by atoms with van der Waals surface area (Å²) in [5.41, 5.74) is 6.18. The Labute approximate surface area is 149 Å². The van der Waals surface area contributed by atoms with Gasteiger partial charge in [0.2, 0.25) is 11.8 Å². The van der Waals surface area contributed by atoms with E-state index in [1.165, 1.54) is 17.0 Å². The largest absolute Gasteiger partial charge is 0.351 e. The van der Waals surface area contributed by atoms with E-state index in [2.05, 4.69) is 17.7 Å². The Morgan fingerprint density at radius 3 is 2.68 bits per heavy atom. The average molecular weight is 341 g/mol. The van der Waals surface area contributed by atoms with Gasteiger partial charge in [-0.2, -0.15) is 0 Å². The van der Waals surface area contributed by atoms with Gasteiger partial charge < -0.3 is 5.32 Å². The highest BCUT2D eigenvalue weighted by Crippen LogP contribution is 2.23. The SMILES string of the molecule is Cc1ccc(C2=CCC(=O)N(CC(=O)NC3CCCCC3C)N2)cc1. The van der Waals surface area contributed by atoms with Crippen LogP contribution in [0.25, 0.3) is 5.70 Å². The van der Waals surface area contributed by atoms with Crippen molar-refractivity contribution >= 4 is 17.5 Å². The van der Waals surface area contributed by atoms with Gasteiger partial charge in [0.1, 0.15) is 6.54 Å². The Morgan fingerprint density at radius 2 is 1.96 bits per heavy atom. The van der Waals surface area contributed by atoms with Crippen molar-refractivity contribution in [2.45, 2.75) is 52.0 Å². The molecule has 1 aromatic carbocycles. The standard InChI is InChI=1S/C20H27N3O2/c1-14-7-9-16(10-8-14)18-11-12-20(25)23(22-18)13-19(24)21-17-6-4-3-5-15(17)2/h7-11,15,17,22H,3-6,12-13H2,1-2H3,(H,21,24). The van der Waals surface area contributed by atoms with Crippen molar-refractivity contribution in [1.82, 2.24) is 15.8 Å². The maximum absolute atomic E-state index is 12.4. The lowest BCUT2D eigenvalue weighted by Gasteiger charge is -2.32. The first-order chi connectivity index (χ1) is 12.0. The molecule has 0 spiro atoms. The number of nitrogens with zero attached hydrogens (tertiary/aromatic N) is 1. The van der Waals surface area contributed by atoms with E-state index in [-0.39, 0.29) is 24.4 Å². The van der Waals surface area contributed by atoms with E-state index in [9.17, 15) is 9.59 Å². The molecule has 5 heteroatoms. The number of hydrogen-bond acceptors (Lipinski definition) is 3. The van der Waals surface area contributed by atoms with Crippen molar-refractivity contribution in [1.29, 1.82) is 0 Å². The summed E-state index contributed by atoms with van der Waals surface area (Å²) in [5, 5.41) is 4.53.